The topological polar surface area (TPSA) is 42.0 Å². The molecule has 0 saturated heterocycles. The molecule has 1 amide bonds. The van der Waals surface area contributed by atoms with E-state index in [1.165, 1.54) is 12.1 Å². The molecule has 19 heavy (non-hydrogen) atoms. The van der Waals surface area contributed by atoms with Gasteiger partial charge in [-0.1, -0.05) is 17.7 Å². The van der Waals surface area contributed by atoms with E-state index < -0.39 is 5.82 Å². The van der Waals surface area contributed by atoms with Crippen molar-refractivity contribution in [3.05, 3.63) is 59.1 Å². The first kappa shape index (κ1) is 13.5. The maximum Gasteiger partial charge on any atom is 0.224 e. The van der Waals surface area contributed by atoms with Crippen molar-refractivity contribution < 1.29 is 9.18 Å². The van der Waals surface area contributed by atoms with E-state index in [1.807, 2.05) is 12.1 Å². The summed E-state index contributed by atoms with van der Waals surface area (Å²) >= 11 is 5.64. The molecule has 0 fully saturated rings. The zero-order chi connectivity index (χ0) is 13.7. The number of carbonyl (C=O) groups excluding carboxylic acids is 1. The average molecular weight is 279 g/mol. The highest BCUT2D eigenvalue weighted by atomic mass is 35.5. The van der Waals surface area contributed by atoms with E-state index in [9.17, 15) is 9.18 Å². The fraction of sp³-hybridized carbons (Fsp3) is 0.143. The SMILES string of the molecule is O=C(CCc1cccnc1)Nc1ccc(Cl)cc1F. The molecule has 98 valence electrons. The maximum absolute atomic E-state index is 13.5. The van der Waals surface area contributed by atoms with Gasteiger partial charge in [0, 0.05) is 23.8 Å². The Labute approximate surface area is 115 Å². The van der Waals surface area contributed by atoms with Crippen LogP contribution in [0.15, 0.2) is 42.7 Å². The Morgan fingerprint density at radius 1 is 1.37 bits per heavy atom. The Bertz CT molecular complexity index is 575. The van der Waals surface area contributed by atoms with Gasteiger partial charge in [0.15, 0.2) is 0 Å². The van der Waals surface area contributed by atoms with Crippen molar-refractivity contribution in [3.8, 4) is 0 Å². The second kappa shape index (κ2) is 6.29. The maximum atomic E-state index is 13.5. The molecule has 5 heteroatoms. The van der Waals surface area contributed by atoms with Gasteiger partial charge in [0.05, 0.1) is 5.69 Å². The van der Waals surface area contributed by atoms with E-state index >= 15 is 0 Å². The van der Waals surface area contributed by atoms with Crippen LogP contribution < -0.4 is 5.32 Å². The number of nitrogens with one attached hydrogen (secondary N) is 1. The van der Waals surface area contributed by atoms with Crippen molar-refractivity contribution in [2.45, 2.75) is 12.8 Å². The summed E-state index contributed by atoms with van der Waals surface area (Å²) in [4.78, 5) is 15.7. The van der Waals surface area contributed by atoms with Crippen LogP contribution in [0.5, 0.6) is 0 Å². The minimum absolute atomic E-state index is 0.139. The third kappa shape index (κ3) is 4.03. The monoisotopic (exact) mass is 278 g/mol. The Kier molecular flexibility index (Phi) is 4.47. The predicted molar refractivity (Wildman–Crippen MR) is 72.6 cm³/mol. The molecule has 3 nitrogen and oxygen atoms in total. The number of nitrogens with zero attached hydrogens (tertiary/aromatic N) is 1. The van der Waals surface area contributed by atoms with E-state index in [2.05, 4.69) is 10.3 Å². The number of halogens is 2. The zero-order valence-corrected chi connectivity index (χ0v) is 10.8. The summed E-state index contributed by atoms with van der Waals surface area (Å²) in [7, 11) is 0. The summed E-state index contributed by atoms with van der Waals surface area (Å²) in [6.45, 7) is 0. The van der Waals surface area contributed by atoms with Crippen molar-refractivity contribution in [2.75, 3.05) is 5.32 Å². The van der Waals surface area contributed by atoms with Crippen molar-refractivity contribution in [3.63, 3.8) is 0 Å². The number of hydrogen-bond donors (Lipinski definition) is 1. The minimum atomic E-state index is -0.540. The van der Waals surface area contributed by atoms with E-state index in [-0.39, 0.29) is 18.0 Å². The van der Waals surface area contributed by atoms with Crippen LogP contribution in [0.1, 0.15) is 12.0 Å². The summed E-state index contributed by atoms with van der Waals surface area (Å²) in [6.07, 6.45) is 4.21. The van der Waals surface area contributed by atoms with Crippen LogP contribution in [0.4, 0.5) is 10.1 Å². The molecule has 1 heterocycles. The van der Waals surface area contributed by atoms with Crippen LogP contribution in [0.2, 0.25) is 5.02 Å². The Balaban J connectivity index is 1.91. The molecule has 0 saturated carbocycles. The number of aryl methyl sites for hydroxylation is 1. The molecular weight excluding hydrogens is 267 g/mol. The van der Waals surface area contributed by atoms with Gasteiger partial charge in [-0.3, -0.25) is 9.78 Å². The molecule has 1 aromatic carbocycles. The molecule has 0 atom stereocenters. The van der Waals surface area contributed by atoms with Gasteiger partial charge in [-0.2, -0.15) is 0 Å². The molecule has 0 radical (unpaired) electrons. The summed E-state index contributed by atoms with van der Waals surface area (Å²) in [6, 6.07) is 7.84. The van der Waals surface area contributed by atoms with Crippen LogP contribution in [0, 0.1) is 5.82 Å². The first-order chi connectivity index (χ1) is 9.15. The quantitative estimate of drug-likeness (QED) is 0.931. The third-order valence-corrected chi connectivity index (χ3v) is 2.80. The standard InChI is InChI=1S/C14H12ClFN2O/c15-11-4-5-13(12(16)8-11)18-14(19)6-3-10-2-1-7-17-9-10/h1-2,4-5,7-9H,3,6H2,(H,18,19). The molecule has 0 bridgehead atoms. The largest absolute Gasteiger partial charge is 0.324 e. The van der Waals surface area contributed by atoms with Crippen LogP contribution in [-0.4, -0.2) is 10.9 Å². The highest BCUT2D eigenvalue weighted by Gasteiger charge is 2.07. The highest BCUT2D eigenvalue weighted by Crippen LogP contribution is 2.19. The molecule has 2 aromatic rings. The lowest BCUT2D eigenvalue weighted by Gasteiger charge is -2.06. The molecule has 0 aliphatic carbocycles. The lowest BCUT2D eigenvalue weighted by molar-refractivity contribution is -0.116. The number of amides is 1. The van der Waals surface area contributed by atoms with E-state index in [0.717, 1.165) is 11.6 Å². The number of aromatic nitrogens is 1. The smallest absolute Gasteiger partial charge is 0.224 e. The van der Waals surface area contributed by atoms with Gasteiger partial charge in [-0.05, 0) is 36.2 Å². The molecule has 0 aliphatic heterocycles. The van der Waals surface area contributed by atoms with Gasteiger partial charge in [0.1, 0.15) is 5.82 Å². The Morgan fingerprint density at radius 3 is 2.89 bits per heavy atom. The molecular formula is C14H12ClFN2O. The van der Waals surface area contributed by atoms with Crippen LogP contribution in [0.3, 0.4) is 0 Å². The van der Waals surface area contributed by atoms with Gasteiger partial charge in [-0.15, -0.1) is 0 Å². The van der Waals surface area contributed by atoms with E-state index in [0.29, 0.717) is 11.4 Å². The van der Waals surface area contributed by atoms with Crippen molar-refractivity contribution in [1.82, 2.24) is 4.98 Å². The number of pyridine rings is 1. The summed E-state index contributed by atoms with van der Waals surface area (Å²) in [5, 5.41) is 2.81. The van der Waals surface area contributed by atoms with Gasteiger partial charge >= 0.3 is 0 Å². The lowest BCUT2D eigenvalue weighted by atomic mass is 10.1. The number of anilines is 1. The average Bonchev–Trinajstić information content (AvgIpc) is 2.41. The fourth-order valence-corrected chi connectivity index (χ4v) is 1.77. The Hall–Kier alpha value is -1.94. The molecule has 0 spiro atoms. The number of benzene rings is 1. The summed E-state index contributed by atoms with van der Waals surface area (Å²) < 4.78 is 13.5. The number of rotatable bonds is 4. The van der Waals surface area contributed by atoms with Gasteiger partial charge in [0.25, 0.3) is 0 Å². The number of carbonyl (C=O) groups is 1. The summed E-state index contributed by atoms with van der Waals surface area (Å²) in [5.41, 5.74) is 1.11. The first-order valence-corrected chi connectivity index (χ1v) is 6.17. The highest BCUT2D eigenvalue weighted by molar-refractivity contribution is 6.30. The third-order valence-electron chi connectivity index (χ3n) is 2.57. The molecule has 0 aliphatic rings. The lowest BCUT2D eigenvalue weighted by Crippen LogP contribution is -2.13. The molecule has 2 rings (SSSR count). The molecule has 1 aromatic heterocycles. The van der Waals surface area contributed by atoms with Gasteiger partial charge in [0.2, 0.25) is 5.91 Å². The Morgan fingerprint density at radius 2 is 2.21 bits per heavy atom. The predicted octanol–water partition coefficient (Wildman–Crippen LogP) is 3.45. The van der Waals surface area contributed by atoms with Crippen LogP contribution in [-0.2, 0) is 11.2 Å². The van der Waals surface area contributed by atoms with Crippen LogP contribution >= 0.6 is 11.6 Å². The zero-order valence-electron chi connectivity index (χ0n) is 10.1. The van der Waals surface area contributed by atoms with Crippen LogP contribution in [0.25, 0.3) is 0 Å². The van der Waals surface area contributed by atoms with E-state index in [4.69, 9.17) is 11.6 Å². The number of hydrogen-bond acceptors (Lipinski definition) is 2. The molecule has 0 unspecified atom stereocenters. The first-order valence-electron chi connectivity index (χ1n) is 5.79. The second-order valence-electron chi connectivity index (χ2n) is 4.03. The normalized spacial score (nSPS) is 10.2. The fourth-order valence-electron chi connectivity index (χ4n) is 1.61. The van der Waals surface area contributed by atoms with E-state index in [1.54, 1.807) is 12.4 Å². The second-order valence-corrected chi connectivity index (χ2v) is 4.47. The van der Waals surface area contributed by atoms with Gasteiger partial charge in [-0.25, -0.2) is 4.39 Å². The van der Waals surface area contributed by atoms with Gasteiger partial charge < -0.3 is 5.32 Å². The molecule has 1 N–H and O–H groups in total. The minimum Gasteiger partial charge on any atom is -0.324 e. The van der Waals surface area contributed by atoms with Crippen molar-refractivity contribution in [2.24, 2.45) is 0 Å². The summed E-state index contributed by atoms with van der Waals surface area (Å²) in [5.74, 6) is -0.785. The van der Waals surface area contributed by atoms with Crippen molar-refractivity contribution >= 4 is 23.2 Å². The van der Waals surface area contributed by atoms with Crippen molar-refractivity contribution in [1.29, 1.82) is 0 Å².